The summed E-state index contributed by atoms with van der Waals surface area (Å²) in [6, 6.07) is 9.04. The highest BCUT2D eigenvalue weighted by molar-refractivity contribution is 7.89. The second kappa shape index (κ2) is 7.80. The monoisotopic (exact) mass is 381 g/mol. The van der Waals surface area contributed by atoms with Gasteiger partial charge in [0.05, 0.1) is 19.1 Å². The van der Waals surface area contributed by atoms with E-state index >= 15 is 0 Å². The minimum atomic E-state index is -4.36. The van der Waals surface area contributed by atoms with Gasteiger partial charge in [-0.1, -0.05) is 12.1 Å². The molecule has 0 aromatic heterocycles. The van der Waals surface area contributed by atoms with Crippen LogP contribution in [0.5, 0.6) is 11.5 Å². The van der Waals surface area contributed by atoms with Gasteiger partial charge in [0.2, 0.25) is 0 Å². The van der Waals surface area contributed by atoms with Gasteiger partial charge < -0.3 is 9.47 Å². The van der Waals surface area contributed by atoms with Gasteiger partial charge in [0, 0.05) is 17.7 Å². The molecule has 0 heterocycles. The molecular formula is C15H15N3O7S. The third kappa shape index (κ3) is 4.26. The van der Waals surface area contributed by atoms with Crippen molar-refractivity contribution in [2.45, 2.75) is 4.90 Å². The Labute approximate surface area is 148 Å². The highest BCUT2D eigenvalue weighted by atomic mass is 32.2. The van der Waals surface area contributed by atoms with Gasteiger partial charge in [0.25, 0.3) is 21.6 Å². The van der Waals surface area contributed by atoms with E-state index in [0.29, 0.717) is 11.5 Å². The predicted molar refractivity (Wildman–Crippen MR) is 90.4 cm³/mol. The predicted octanol–water partition coefficient (Wildman–Crippen LogP) is 1.24. The fourth-order valence-corrected chi connectivity index (χ4v) is 3.03. The molecule has 2 aromatic rings. The zero-order chi connectivity index (χ0) is 19.3. The second-order valence-electron chi connectivity index (χ2n) is 4.89. The average Bonchev–Trinajstić information content (AvgIpc) is 2.65. The van der Waals surface area contributed by atoms with E-state index in [-0.39, 0.29) is 5.56 Å². The first kappa shape index (κ1) is 19.1. The zero-order valence-corrected chi connectivity index (χ0v) is 14.6. The number of hydrogen-bond donors (Lipinski definition) is 2. The van der Waals surface area contributed by atoms with Gasteiger partial charge in [0.15, 0.2) is 4.90 Å². The molecule has 11 heteroatoms. The summed E-state index contributed by atoms with van der Waals surface area (Å²) in [5.41, 5.74) is 1.44. The normalized spacial score (nSPS) is 10.8. The van der Waals surface area contributed by atoms with Crippen LogP contribution in [0.25, 0.3) is 0 Å². The molecule has 0 aliphatic carbocycles. The van der Waals surface area contributed by atoms with Gasteiger partial charge in [-0.2, -0.15) is 0 Å². The van der Waals surface area contributed by atoms with E-state index < -0.39 is 31.4 Å². The summed E-state index contributed by atoms with van der Waals surface area (Å²) >= 11 is 0. The Morgan fingerprint density at radius 1 is 1.08 bits per heavy atom. The van der Waals surface area contributed by atoms with E-state index in [0.717, 1.165) is 12.1 Å². The molecule has 0 fully saturated rings. The third-order valence-electron chi connectivity index (χ3n) is 3.26. The number of nitro benzene ring substituents is 1. The van der Waals surface area contributed by atoms with E-state index in [1.807, 2.05) is 10.3 Å². The van der Waals surface area contributed by atoms with Crippen LogP contribution in [-0.4, -0.2) is 33.5 Å². The molecule has 26 heavy (non-hydrogen) atoms. The van der Waals surface area contributed by atoms with Gasteiger partial charge in [-0.05, 0) is 18.2 Å². The number of carbonyl (C=O) groups excluding carboxylic acids is 1. The van der Waals surface area contributed by atoms with Crippen molar-refractivity contribution in [3.05, 3.63) is 58.1 Å². The zero-order valence-electron chi connectivity index (χ0n) is 13.8. The van der Waals surface area contributed by atoms with Crippen molar-refractivity contribution < 1.29 is 27.6 Å². The number of rotatable bonds is 7. The molecule has 0 bridgehead atoms. The number of hydrazine groups is 1. The minimum absolute atomic E-state index is 0.0615. The van der Waals surface area contributed by atoms with E-state index in [2.05, 4.69) is 0 Å². The summed E-state index contributed by atoms with van der Waals surface area (Å²) in [5, 5.41) is 11.0. The van der Waals surface area contributed by atoms with Crippen LogP contribution in [0.15, 0.2) is 47.4 Å². The van der Waals surface area contributed by atoms with Crippen molar-refractivity contribution in [2.75, 3.05) is 14.2 Å². The molecule has 0 radical (unpaired) electrons. The minimum Gasteiger partial charge on any atom is -0.497 e. The lowest BCUT2D eigenvalue weighted by molar-refractivity contribution is -0.387. The number of nitrogens with one attached hydrogen (secondary N) is 2. The fourth-order valence-electron chi connectivity index (χ4n) is 2.01. The van der Waals surface area contributed by atoms with Crippen molar-refractivity contribution in [2.24, 2.45) is 0 Å². The summed E-state index contributed by atoms with van der Waals surface area (Å²) in [6.45, 7) is 0. The number of methoxy groups -OCH3 is 2. The Bertz CT molecular complexity index is 922. The number of amides is 1. The Hall–Kier alpha value is -3.18. The lowest BCUT2D eigenvalue weighted by Gasteiger charge is -2.10. The third-order valence-corrected chi connectivity index (χ3v) is 4.56. The highest BCUT2D eigenvalue weighted by Crippen LogP contribution is 2.23. The summed E-state index contributed by atoms with van der Waals surface area (Å²) in [5.74, 6) is -0.142. The number of sulfonamides is 1. The molecule has 0 unspecified atom stereocenters. The summed E-state index contributed by atoms with van der Waals surface area (Å²) < 4.78 is 34.6. The van der Waals surface area contributed by atoms with Crippen LogP contribution in [0, 0.1) is 10.1 Å². The Kier molecular flexibility index (Phi) is 5.75. The Morgan fingerprint density at radius 3 is 2.19 bits per heavy atom. The van der Waals surface area contributed by atoms with Crippen LogP contribution in [-0.2, 0) is 10.0 Å². The van der Waals surface area contributed by atoms with Crippen LogP contribution in [0.3, 0.4) is 0 Å². The van der Waals surface area contributed by atoms with Crippen LogP contribution in [0.2, 0.25) is 0 Å². The van der Waals surface area contributed by atoms with E-state index in [1.165, 1.54) is 44.6 Å². The van der Waals surface area contributed by atoms with Crippen LogP contribution < -0.4 is 19.7 Å². The first-order valence-corrected chi connectivity index (χ1v) is 8.55. The topological polar surface area (TPSA) is 137 Å². The maximum atomic E-state index is 12.3. The molecule has 0 aliphatic heterocycles. The largest absolute Gasteiger partial charge is 0.497 e. The van der Waals surface area contributed by atoms with Crippen molar-refractivity contribution in [3.63, 3.8) is 0 Å². The number of ether oxygens (including phenoxy) is 2. The number of hydrogen-bond acceptors (Lipinski definition) is 7. The van der Waals surface area contributed by atoms with Crippen molar-refractivity contribution in [1.82, 2.24) is 10.3 Å². The lowest BCUT2D eigenvalue weighted by atomic mass is 10.2. The smallest absolute Gasteiger partial charge is 0.289 e. The highest BCUT2D eigenvalue weighted by Gasteiger charge is 2.25. The van der Waals surface area contributed by atoms with Gasteiger partial charge in [0.1, 0.15) is 11.5 Å². The maximum absolute atomic E-state index is 12.3. The fraction of sp³-hybridized carbons (Fsp3) is 0.133. The average molecular weight is 381 g/mol. The lowest BCUT2D eigenvalue weighted by Crippen LogP contribution is -2.41. The van der Waals surface area contributed by atoms with Gasteiger partial charge in [-0.25, -0.2) is 8.42 Å². The SMILES string of the molecule is COc1cc(OC)cc(C(=O)NNS(=O)(=O)c2ccccc2[N+](=O)[O-])c1. The van der Waals surface area contributed by atoms with Gasteiger partial charge in [-0.15, -0.1) is 4.83 Å². The Morgan fingerprint density at radius 2 is 1.65 bits per heavy atom. The molecule has 0 aliphatic rings. The summed E-state index contributed by atoms with van der Waals surface area (Å²) in [4.78, 5) is 23.6. The Balaban J connectivity index is 2.23. The standard InChI is InChI=1S/C15H15N3O7S/c1-24-11-7-10(8-12(9-11)25-2)15(19)16-17-26(22,23)14-6-4-3-5-13(14)18(20)21/h3-9,17H,1-2H3,(H,16,19). The summed E-state index contributed by atoms with van der Waals surface area (Å²) in [7, 11) is -1.56. The molecular weight excluding hydrogens is 366 g/mol. The van der Waals surface area contributed by atoms with E-state index in [9.17, 15) is 23.3 Å². The first-order chi connectivity index (χ1) is 12.3. The van der Waals surface area contributed by atoms with Crippen LogP contribution >= 0.6 is 0 Å². The maximum Gasteiger partial charge on any atom is 0.289 e. The number of nitrogens with zero attached hydrogens (tertiary/aromatic N) is 1. The summed E-state index contributed by atoms with van der Waals surface area (Å²) in [6.07, 6.45) is 0. The number of carbonyl (C=O) groups is 1. The molecule has 2 aromatic carbocycles. The number of para-hydroxylation sites is 1. The molecule has 138 valence electrons. The molecule has 0 saturated carbocycles. The number of nitro groups is 1. The molecule has 2 rings (SSSR count). The first-order valence-electron chi connectivity index (χ1n) is 7.07. The van der Waals surface area contributed by atoms with Crippen molar-refractivity contribution in [3.8, 4) is 11.5 Å². The number of benzene rings is 2. The molecule has 2 N–H and O–H groups in total. The van der Waals surface area contributed by atoms with Crippen molar-refractivity contribution >= 4 is 21.6 Å². The molecule has 1 amide bonds. The van der Waals surface area contributed by atoms with Crippen LogP contribution in [0.4, 0.5) is 5.69 Å². The molecule has 0 spiro atoms. The van der Waals surface area contributed by atoms with E-state index in [1.54, 1.807) is 0 Å². The van der Waals surface area contributed by atoms with Gasteiger partial charge in [-0.3, -0.25) is 20.3 Å². The molecule has 0 atom stereocenters. The van der Waals surface area contributed by atoms with Crippen LogP contribution in [0.1, 0.15) is 10.4 Å². The van der Waals surface area contributed by atoms with E-state index in [4.69, 9.17) is 9.47 Å². The van der Waals surface area contributed by atoms with Crippen molar-refractivity contribution in [1.29, 1.82) is 0 Å². The second-order valence-corrected chi connectivity index (χ2v) is 6.54. The quantitative estimate of drug-likeness (QED) is 0.543. The molecule has 0 saturated heterocycles. The van der Waals surface area contributed by atoms with Gasteiger partial charge >= 0.3 is 0 Å². The molecule has 10 nitrogen and oxygen atoms in total.